The Morgan fingerprint density at radius 3 is 2.34 bits per heavy atom. The SMILES string of the molecule is CCOc1ccc(CN2CCN(C(=O)c3cc4cc(Oc5cc(C)c(NC(=O)c6ccc(Cl)c(Cl)c6)cn5)ccc4n3C)CC2)cc1. The smallest absolute Gasteiger partial charge is 0.270 e. The maximum absolute atomic E-state index is 13.6. The molecule has 242 valence electrons. The Labute approximate surface area is 283 Å². The second-order valence-corrected chi connectivity index (χ2v) is 12.3. The average Bonchev–Trinajstić information content (AvgIpc) is 3.40. The zero-order valence-corrected chi connectivity index (χ0v) is 27.9. The quantitative estimate of drug-likeness (QED) is 0.174. The molecule has 11 heteroatoms. The van der Waals surface area contributed by atoms with Gasteiger partial charge in [0.1, 0.15) is 17.2 Å². The molecule has 47 heavy (non-hydrogen) atoms. The molecule has 3 aromatic carbocycles. The summed E-state index contributed by atoms with van der Waals surface area (Å²) in [4.78, 5) is 35.0. The van der Waals surface area contributed by atoms with E-state index in [9.17, 15) is 9.59 Å². The summed E-state index contributed by atoms with van der Waals surface area (Å²) in [5, 5.41) is 4.43. The summed E-state index contributed by atoms with van der Waals surface area (Å²) in [6.07, 6.45) is 1.55. The van der Waals surface area contributed by atoms with Gasteiger partial charge in [-0.25, -0.2) is 4.98 Å². The van der Waals surface area contributed by atoms with Crippen molar-refractivity contribution in [2.45, 2.75) is 20.4 Å². The van der Waals surface area contributed by atoms with Gasteiger partial charge in [-0.2, -0.15) is 0 Å². The number of hydrogen-bond donors (Lipinski definition) is 1. The molecule has 0 spiro atoms. The summed E-state index contributed by atoms with van der Waals surface area (Å²) < 4.78 is 13.6. The average molecular weight is 673 g/mol. The molecule has 0 atom stereocenters. The van der Waals surface area contributed by atoms with Gasteiger partial charge >= 0.3 is 0 Å². The van der Waals surface area contributed by atoms with Crippen LogP contribution in [0.3, 0.4) is 0 Å². The number of carbonyl (C=O) groups excluding carboxylic acids is 2. The van der Waals surface area contributed by atoms with Crippen LogP contribution in [0.25, 0.3) is 10.9 Å². The van der Waals surface area contributed by atoms with Gasteiger partial charge in [-0.1, -0.05) is 35.3 Å². The molecule has 1 N–H and O–H groups in total. The third-order valence-electron chi connectivity index (χ3n) is 8.27. The van der Waals surface area contributed by atoms with E-state index in [4.69, 9.17) is 32.7 Å². The lowest BCUT2D eigenvalue weighted by atomic mass is 10.2. The van der Waals surface area contributed by atoms with Crippen molar-refractivity contribution >= 4 is 51.6 Å². The highest BCUT2D eigenvalue weighted by Crippen LogP contribution is 2.29. The van der Waals surface area contributed by atoms with Crippen LogP contribution < -0.4 is 14.8 Å². The van der Waals surface area contributed by atoms with E-state index in [1.807, 2.05) is 66.8 Å². The lowest BCUT2D eigenvalue weighted by Crippen LogP contribution is -2.48. The Morgan fingerprint density at radius 1 is 0.894 bits per heavy atom. The number of rotatable bonds is 9. The summed E-state index contributed by atoms with van der Waals surface area (Å²) in [5.74, 6) is 1.54. The Bertz CT molecular complexity index is 1930. The minimum absolute atomic E-state index is 0.0164. The van der Waals surface area contributed by atoms with Gasteiger partial charge < -0.3 is 24.3 Å². The number of piperazine rings is 1. The first-order valence-electron chi connectivity index (χ1n) is 15.4. The molecule has 2 amide bonds. The molecule has 0 saturated carbocycles. The van der Waals surface area contributed by atoms with Gasteiger partial charge in [-0.3, -0.25) is 14.5 Å². The van der Waals surface area contributed by atoms with E-state index in [2.05, 4.69) is 27.3 Å². The van der Waals surface area contributed by atoms with Crippen LogP contribution in [-0.2, 0) is 13.6 Å². The lowest BCUT2D eigenvalue weighted by molar-refractivity contribution is 0.0619. The Morgan fingerprint density at radius 2 is 1.64 bits per heavy atom. The highest BCUT2D eigenvalue weighted by molar-refractivity contribution is 6.42. The summed E-state index contributed by atoms with van der Waals surface area (Å²) in [7, 11) is 1.91. The van der Waals surface area contributed by atoms with E-state index in [0.29, 0.717) is 58.3 Å². The summed E-state index contributed by atoms with van der Waals surface area (Å²) in [6, 6.07) is 22.3. The molecule has 2 aromatic heterocycles. The number of fused-ring (bicyclic) bond motifs is 1. The molecular formula is C36H35Cl2N5O4. The van der Waals surface area contributed by atoms with Crippen LogP contribution in [0.2, 0.25) is 10.0 Å². The number of pyridine rings is 1. The monoisotopic (exact) mass is 671 g/mol. The Hall–Kier alpha value is -4.57. The molecule has 0 aliphatic carbocycles. The molecule has 5 aromatic rings. The fourth-order valence-corrected chi connectivity index (χ4v) is 5.95. The second kappa shape index (κ2) is 14.0. The summed E-state index contributed by atoms with van der Waals surface area (Å²) >= 11 is 12.0. The van der Waals surface area contributed by atoms with Crippen molar-refractivity contribution in [2.24, 2.45) is 7.05 Å². The zero-order valence-electron chi connectivity index (χ0n) is 26.4. The van der Waals surface area contributed by atoms with Crippen LogP contribution in [0.5, 0.6) is 17.4 Å². The van der Waals surface area contributed by atoms with E-state index in [1.54, 1.807) is 24.4 Å². The van der Waals surface area contributed by atoms with Gasteiger partial charge in [0.15, 0.2) is 0 Å². The predicted octanol–water partition coefficient (Wildman–Crippen LogP) is 7.59. The van der Waals surface area contributed by atoms with Crippen molar-refractivity contribution in [1.29, 1.82) is 0 Å². The van der Waals surface area contributed by atoms with Crippen LogP contribution in [0, 0.1) is 6.92 Å². The van der Waals surface area contributed by atoms with Crippen LogP contribution in [-0.4, -0.2) is 64.0 Å². The minimum atomic E-state index is -0.326. The molecule has 1 aliphatic rings. The summed E-state index contributed by atoms with van der Waals surface area (Å²) in [6.45, 7) is 8.29. The number of halogens is 2. The Balaban J connectivity index is 1.08. The number of amides is 2. The number of nitrogens with one attached hydrogen (secondary N) is 1. The number of ether oxygens (including phenoxy) is 2. The fourth-order valence-electron chi connectivity index (χ4n) is 5.65. The predicted molar refractivity (Wildman–Crippen MR) is 185 cm³/mol. The molecular weight excluding hydrogens is 637 g/mol. The minimum Gasteiger partial charge on any atom is -0.494 e. The van der Waals surface area contributed by atoms with Crippen molar-refractivity contribution in [3.05, 3.63) is 111 Å². The van der Waals surface area contributed by atoms with Crippen LogP contribution in [0.4, 0.5) is 5.69 Å². The number of hydrogen-bond acceptors (Lipinski definition) is 6. The van der Waals surface area contributed by atoms with Crippen molar-refractivity contribution < 1.29 is 19.1 Å². The molecule has 9 nitrogen and oxygen atoms in total. The van der Waals surface area contributed by atoms with Crippen molar-refractivity contribution in [3.63, 3.8) is 0 Å². The number of carbonyl (C=O) groups is 2. The maximum Gasteiger partial charge on any atom is 0.270 e. The van der Waals surface area contributed by atoms with Crippen LogP contribution in [0.1, 0.15) is 38.9 Å². The molecule has 0 bridgehead atoms. The highest BCUT2D eigenvalue weighted by atomic mass is 35.5. The van der Waals surface area contributed by atoms with E-state index < -0.39 is 0 Å². The van der Waals surface area contributed by atoms with Crippen molar-refractivity contribution in [1.82, 2.24) is 19.4 Å². The van der Waals surface area contributed by atoms with Crippen molar-refractivity contribution in [3.8, 4) is 17.4 Å². The number of nitrogens with zero attached hydrogens (tertiary/aromatic N) is 4. The van der Waals surface area contributed by atoms with Gasteiger partial charge in [0.05, 0.1) is 28.5 Å². The van der Waals surface area contributed by atoms with E-state index >= 15 is 0 Å². The van der Waals surface area contributed by atoms with Gasteiger partial charge in [-0.05, 0) is 79.6 Å². The summed E-state index contributed by atoms with van der Waals surface area (Å²) in [5.41, 5.74) is 4.50. The first kappa shape index (κ1) is 32.4. The van der Waals surface area contributed by atoms with E-state index in [-0.39, 0.29) is 11.8 Å². The van der Waals surface area contributed by atoms with E-state index in [0.717, 1.165) is 41.9 Å². The standard InChI is InChI=1S/C36H35Cl2N5O4/c1-4-46-27-8-5-24(6-9-27)22-42-13-15-43(16-14-42)36(45)33-20-26-18-28(10-12-32(26)41(33)3)47-34-17-23(2)31(21-39-34)40-35(44)25-7-11-29(37)30(38)19-25/h5-12,17-21H,4,13-16,22H2,1-3H3,(H,40,44). The van der Waals surface area contributed by atoms with Gasteiger partial charge in [0.25, 0.3) is 11.8 Å². The first-order chi connectivity index (χ1) is 22.7. The normalized spacial score (nSPS) is 13.5. The number of aryl methyl sites for hydroxylation is 2. The number of anilines is 1. The van der Waals surface area contributed by atoms with Gasteiger partial charge in [-0.15, -0.1) is 0 Å². The third-order valence-corrected chi connectivity index (χ3v) is 9.01. The third kappa shape index (κ3) is 7.38. The Kier molecular flexibility index (Phi) is 9.68. The molecule has 6 rings (SSSR count). The van der Waals surface area contributed by atoms with Crippen LogP contribution in [0.15, 0.2) is 79.0 Å². The molecule has 3 heterocycles. The number of aromatic nitrogens is 2. The molecule has 1 fully saturated rings. The maximum atomic E-state index is 13.6. The zero-order chi connectivity index (χ0) is 33.1. The highest BCUT2D eigenvalue weighted by Gasteiger charge is 2.25. The fraction of sp³-hybridized carbons (Fsp3) is 0.250. The molecule has 0 radical (unpaired) electrons. The first-order valence-corrected chi connectivity index (χ1v) is 16.2. The van der Waals surface area contributed by atoms with Gasteiger partial charge in [0.2, 0.25) is 5.88 Å². The largest absolute Gasteiger partial charge is 0.494 e. The van der Waals surface area contributed by atoms with Crippen molar-refractivity contribution in [2.75, 3.05) is 38.1 Å². The van der Waals surface area contributed by atoms with Gasteiger partial charge in [0, 0.05) is 62.3 Å². The number of benzene rings is 3. The molecule has 1 aliphatic heterocycles. The molecule has 1 saturated heterocycles. The topological polar surface area (TPSA) is 88.9 Å². The molecule has 0 unspecified atom stereocenters. The van der Waals surface area contributed by atoms with E-state index in [1.165, 1.54) is 11.6 Å². The van der Waals surface area contributed by atoms with Crippen LogP contribution >= 0.6 is 23.2 Å². The second-order valence-electron chi connectivity index (χ2n) is 11.5. The lowest BCUT2D eigenvalue weighted by Gasteiger charge is -2.34.